The number of rotatable bonds is 8. The Morgan fingerprint density at radius 2 is 2.28 bits per heavy atom. The van der Waals surface area contributed by atoms with Crippen LogP contribution in [0.15, 0.2) is 18.2 Å². The fraction of sp³-hybridized carbons (Fsp3) is 0.529. The first-order valence-electron chi connectivity index (χ1n) is 8.18. The van der Waals surface area contributed by atoms with Crippen LogP contribution in [0.4, 0.5) is 5.69 Å². The van der Waals surface area contributed by atoms with E-state index in [4.69, 9.17) is 21.1 Å². The van der Waals surface area contributed by atoms with Gasteiger partial charge in [-0.25, -0.2) is 4.79 Å². The normalized spacial score (nSPS) is 18.2. The number of methoxy groups -OCH3 is 1. The Labute approximate surface area is 151 Å². The van der Waals surface area contributed by atoms with Gasteiger partial charge in [-0.1, -0.05) is 11.6 Å². The van der Waals surface area contributed by atoms with Crippen LogP contribution in [0.3, 0.4) is 0 Å². The predicted octanol–water partition coefficient (Wildman–Crippen LogP) is 2.15. The van der Waals surface area contributed by atoms with Gasteiger partial charge in [0.15, 0.2) is 0 Å². The number of anilines is 1. The molecule has 2 atom stereocenters. The molecule has 0 radical (unpaired) electrons. The van der Waals surface area contributed by atoms with Gasteiger partial charge in [-0.15, -0.1) is 0 Å². The van der Waals surface area contributed by atoms with E-state index in [0.29, 0.717) is 36.2 Å². The number of carboxylic acids is 1. The molecular weight excluding hydrogens is 348 g/mol. The molecule has 25 heavy (non-hydrogen) atoms. The van der Waals surface area contributed by atoms with Crippen molar-refractivity contribution in [3.63, 3.8) is 0 Å². The van der Waals surface area contributed by atoms with Gasteiger partial charge in [-0.2, -0.15) is 0 Å². The van der Waals surface area contributed by atoms with Crippen molar-refractivity contribution >= 4 is 29.2 Å². The van der Waals surface area contributed by atoms with Gasteiger partial charge < -0.3 is 25.2 Å². The number of carboxylic acid groups (broad SMARTS) is 1. The standard InChI is InChI=1S/C17H23ClN2O5/c1-24-14-5-4-12(18)9-13(14)19-7-6-15(21)20-16(17(22)23)11-3-2-8-25-10-11/h4-5,9,11,16,19H,2-3,6-8,10H2,1H3,(H,20,21)(H,22,23). The second-order valence-electron chi connectivity index (χ2n) is 5.88. The summed E-state index contributed by atoms with van der Waals surface area (Å²) in [6.07, 6.45) is 1.67. The van der Waals surface area contributed by atoms with Gasteiger partial charge in [0, 0.05) is 30.5 Å². The first-order valence-corrected chi connectivity index (χ1v) is 8.56. The third-order valence-electron chi connectivity index (χ3n) is 4.08. The van der Waals surface area contributed by atoms with Gasteiger partial charge in [0.05, 0.1) is 19.4 Å². The Kier molecular flexibility index (Phi) is 7.33. The first-order chi connectivity index (χ1) is 12.0. The second-order valence-corrected chi connectivity index (χ2v) is 6.32. The summed E-state index contributed by atoms with van der Waals surface area (Å²) in [6.45, 7) is 1.33. The maximum atomic E-state index is 12.1. The van der Waals surface area contributed by atoms with Crippen LogP contribution >= 0.6 is 11.6 Å². The summed E-state index contributed by atoms with van der Waals surface area (Å²) in [7, 11) is 1.55. The van der Waals surface area contributed by atoms with Crippen molar-refractivity contribution in [2.24, 2.45) is 5.92 Å². The Balaban J connectivity index is 1.85. The number of carbonyl (C=O) groups excluding carboxylic acids is 1. The lowest BCUT2D eigenvalue weighted by atomic mass is 9.93. The average Bonchev–Trinajstić information content (AvgIpc) is 2.60. The Morgan fingerprint density at radius 1 is 1.48 bits per heavy atom. The minimum absolute atomic E-state index is 0.132. The maximum absolute atomic E-state index is 12.1. The highest BCUT2D eigenvalue weighted by Crippen LogP contribution is 2.27. The molecule has 1 aliphatic heterocycles. The Hall–Kier alpha value is -1.99. The highest BCUT2D eigenvalue weighted by molar-refractivity contribution is 6.30. The summed E-state index contributed by atoms with van der Waals surface area (Å²) in [4.78, 5) is 23.5. The number of amides is 1. The quantitative estimate of drug-likeness (QED) is 0.648. The highest BCUT2D eigenvalue weighted by atomic mass is 35.5. The molecule has 0 spiro atoms. The van der Waals surface area contributed by atoms with Gasteiger partial charge >= 0.3 is 5.97 Å². The van der Waals surface area contributed by atoms with E-state index in [1.807, 2.05) is 0 Å². The van der Waals surface area contributed by atoms with Gasteiger partial charge in [-0.05, 0) is 31.0 Å². The number of hydrogen-bond acceptors (Lipinski definition) is 5. The summed E-state index contributed by atoms with van der Waals surface area (Å²) in [5.74, 6) is -0.941. The predicted molar refractivity (Wildman–Crippen MR) is 94.2 cm³/mol. The van der Waals surface area contributed by atoms with Crippen molar-refractivity contribution in [3.8, 4) is 5.75 Å². The molecule has 0 saturated carbocycles. The zero-order chi connectivity index (χ0) is 18.2. The zero-order valence-electron chi connectivity index (χ0n) is 14.1. The molecule has 1 amide bonds. The van der Waals surface area contributed by atoms with Crippen LogP contribution < -0.4 is 15.4 Å². The molecule has 1 aliphatic rings. The summed E-state index contributed by atoms with van der Waals surface area (Å²) >= 11 is 5.95. The molecule has 1 saturated heterocycles. The summed E-state index contributed by atoms with van der Waals surface area (Å²) < 4.78 is 10.5. The number of halogens is 1. The third kappa shape index (κ3) is 5.79. The van der Waals surface area contributed by atoms with E-state index in [9.17, 15) is 14.7 Å². The topological polar surface area (TPSA) is 96.9 Å². The van der Waals surface area contributed by atoms with E-state index in [0.717, 1.165) is 12.8 Å². The van der Waals surface area contributed by atoms with E-state index >= 15 is 0 Å². The van der Waals surface area contributed by atoms with Crippen LogP contribution in [0.1, 0.15) is 19.3 Å². The number of nitrogens with one attached hydrogen (secondary N) is 2. The van der Waals surface area contributed by atoms with Crippen molar-refractivity contribution in [2.75, 3.05) is 32.2 Å². The summed E-state index contributed by atoms with van der Waals surface area (Å²) in [5, 5.41) is 15.6. The largest absolute Gasteiger partial charge is 0.495 e. The fourth-order valence-electron chi connectivity index (χ4n) is 2.78. The lowest BCUT2D eigenvalue weighted by Crippen LogP contribution is -2.48. The van der Waals surface area contributed by atoms with E-state index in [2.05, 4.69) is 10.6 Å². The molecule has 0 aliphatic carbocycles. The first kappa shape index (κ1) is 19.3. The van der Waals surface area contributed by atoms with E-state index in [1.54, 1.807) is 25.3 Å². The fourth-order valence-corrected chi connectivity index (χ4v) is 2.96. The van der Waals surface area contributed by atoms with Gasteiger partial charge in [0.25, 0.3) is 0 Å². The third-order valence-corrected chi connectivity index (χ3v) is 4.31. The minimum Gasteiger partial charge on any atom is -0.495 e. The second kappa shape index (κ2) is 9.48. The van der Waals surface area contributed by atoms with Gasteiger partial charge in [0.1, 0.15) is 11.8 Å². The monoisotopic (exact) mass is 370 g/mol. The zero-order valence-corrected chi connectivity index (χ0v) is 14.8. The molecule has 1 aromatic rings. The SMILES string of the molecule is COc1ccc(Cl)cc1NCCC(=O)NC(C(=O)O)C1CCCOC1. The smallest absolute Gasteiger partial charge is 0.326 e. The lowest BCUT2D eigenvalue weighted by molar-refractivity contribution is -0.145. The average molecular weight is 371 g/mol. The van der Waals surface area contributed by atoms with Crippen molar-refractivity contribution < 1.29 is 24.2 Å². The number of carbonyl (C=O) groups is 2. The number of benzene rings is 1. The van der Waals surface area contributed by atoms with Crippen molar-refractivity contribution in [1.29, 1.82) is 0 Å². The minimum atomic E-state index is -1.03. The van der Waals surface area contributed by atoms with Crippen LogP contribution in [-0.4, -0.2) is 49.9 Å². The highest BCUT2D eigenvalue weighted by Gasteiger charge is 2.31. The molecule has 3 N–H and O–H groups in total. The molecule has 0 aromatic heterocycles. The van der Waals surface area contributed by atoms with E-state index < -0.39 is 12.0 Å². The number of aliphatic carboxylic acids is 1. The Morgan fingerprint density at radius 3 is 2.92 bits per heavy atom. The molecule has 2 unspecified atom stereocenters. The van der Waals surface area contributed by atoms with E-state index in [1.165, 1.54) is 0 Å². The van der Waals surface area contributed by atoms with Crippen molar-refractivity contribution in [1.82, 2.24) is 5.32 Å². The number of ether oxygens (including phenoxy) is 2. The molecule has 1 fully saturated rings. The van der Waals surface area contributed by atoms with Crippen LogP contribution in [0, 0.1) is 5.92 Å². The van der Waals surface area contributed by atoms with Crippen LogP contribution in [0.25, 0.3) is 0 Å². The summed E-state index contributed by atoms with van der Waals surface area (Å²) in [6, 6.07) is 4.22. The molecule has 0 bridgehead atoms. The Bertz CT molecular complexity index is 605. The van der Waals surface area contributed by atoms with Crippen LogP contribution in [-0.2, 0) is 14.3 Å². The van der Waals surface area contributed by atoms with Gasteiger partial charge in [-0.3, -0.25) is 4.79 Å². The number of hydrogen-bond donors (Lipinski definition) is 3. The molecule has 138 valence electrons. The molecular formula is C17H23ClN2O5. The summed E-state index contributed by atoms with van der Waals surface area (Å²) in [5.41, 5.74) is 0.679. The molecule has 8 heteroatoms. The molecule has 7 nitrogen and oxygen atoms in total. The van der Waals surface area contributed by atoms with Crippen molar-refractivity contribution in [3.05, 3.63) is 23.2 Å². The molecule has 1 heterocycles. The molecule has 2 rings (SSSR count). The van der Waals surface area contributed by atoms with Crippen molar-refractivity contribution in [2.45, 2.75) is 25.3 Å². The van der Waals surface area contributed by atoms with Crippen LogP contribution in [0.2, 0.25) is 5.02 Å². The van der Waals surface area contributed by atoms with Gasteiger partial charge in [0.2, 0.25) is 5.91 Å². The van der Waals surface area contributed by atoms with Crippen LogP contribution in [0.5, 0.6) is 5.75 Å². The maximum Gasteiger partial charge on any atom is 0.326 e. The van der Waals surface area contributed by atoms with E-state index in [-0.39, 0.29) is 18.2 Å². The molecule has 1 aromatic carbocycles. The lowest BCUT2D eigenvalue weighted by Gasteiger charge is -2.28.